The number of nitrogens with one attached hydrogen (secondary N) is 1. The molecule has 0 unspecified atom stereocenters. The van der Waals surface area contributed by atoms with Crippen LogP contribution in [0.2, 0.25) is 0 Å². The normalized spacial score (nSPS) is 15.6. The zero-order valence-corrected chi connectivity index (χ0v) is 19.3. The van der Waals surface area contributed by atoms with Crippen LogP contribution in [-0.4, -0.2) is 70.9 Å². The van der Waals surface area contributed by atoms with Crippen molar-refractivity contribution in [1.82, 2.24) is 23.3 Å². The van der Waals surface area contributed by atoms with Gasteiger partial charge >= 0.3 is 5.69 Å². The molecule has 3 aromatic rings. The minimum absolute atomic E-state index is 0.0138. The first-order valence-electron chi connectivity index (χ1n) is 10.3. The van der Waals surface area contributed by atoms with Gasteiger partial charge in [0.2, 0.25) is 10.0 Å². The standard InChI is InChI=1S/C21H24N6O5S/c1-24-10-12-27(13-11-24)33(31,32)15-6-4-14(5-7-15)22-19(28)17-9-8-16-18(23-17)25(2)21(30)26(3)20(16)29/h4-9H,10-13H2,1-3H3,(H,22,28). The van der Waals surface area contributed by atoms with Crippen LogP contribution in [0, 0.1) is 0 Å². The van der Waals surface area contributed by atoms with Crippen LogP contribution < -0.4 is 16.6 Å². The highest BCUT2D eigenvalue weighted by Gasteiger charge is 2.27. The van der Waals surface area contributed by atoms with Crippen molar-refractivity contribution in [2.24, 2.45) is 14.1 Å². The largest absolute Gasteiger partial charge is 0.332 e. The summed E-state index contributed by atoms with van der Waals surface area (Å²) in [6.45, 7) is 2.20. The predicted octanol–water partition coefficient (Wildman–Crippen LogP) is -0.179. The summed E-state index contributed by atoms with van der Waals surface area (Å²) in [5.41, 5.74) is -0.541. The monoisotopic (exact) mass is 472 g/mol. The van der Waals surface area contributed by atoms with E-state index in [1.54, 1.807) is 0 Å². The fourth-order valence-electron chi connectivity index (χ4n) is 3.66. The van der Waals surface area contributed by atoms with Crippen LogP contribution >= 0.6 is 0 Å². The Morgan fingerprint density at radius 2 is 1.55 bits per heavy atom. The number of hydrogen-bond donors (Lipinski definition) is 1. The molecule has 0 saturated carbocycles. The third-order valence-electron chi connectivity index (χ3n) is 5.75. The van der Waals surface area contributed by atoms with Crippen LogP contribution in [0.15, 0.2) is 50.9 Å². The number of fused-ring (bicyclic) bond motifs is 1. The second kappa shape index (κ2) is 8.54. The van der Waals surface area contributed by atoms with Crippen molar-refractivity contribution in [3.8, 4) is 0 Å². The third kappa shape index (κ3) is 4.19. The molecule has 11 nitrogen and oxygen atoms in total. The highest BCUT2D eigenvalue weighted by Crippen LogP contribution is 2.20. The van der Waals surface area contributed by atoms with Crippen molar-refractivity contribution < 1.29 is 13.2 Å². The molecule has 0 radical (unpaired) electrons. The molecule has 1 aliphatic heterocycles. The van der Waals surface area contributed by atoms with Gasteiger partial charge < -0.3 is 10.2 Å². The number of amides is 1. The summed E-state index contributed by atoms with van der Waals surface area (Å²) in [6.07, 6.45) is 0. The Balaban J connectivity index is 1.55. The number of piperazine rings is 1. The van der Waals surface area contributed by atoms with Gasteiger partial charge in [-0.05, 0) is 43.4 Å². The van der Waals surface area contributed by atoms with Gasteiger partial charge in [0, 0.05) is 46.0 Å². The maximum absolute atomic E-state index is 12.8. The predicted molar refractivity (Wildman–Crippen MR) is 123 cm³/mol. The van der Waals surface area contributed by atoms with Gasteiger partial charge in [0.15, 0.2) is 0 Å². The van der Waals surface area contributed by atoms with E-state index in [4.69, 9.17) is 0 Å². The number of pyridine rings is 1. The number of nitrogens with zero attached hydrogens (tertiary/aromatic N) is 5. The number of sulfonamides is 1. The summed E-state index contributed by atoms with van der Waals surface area (Å²) < 4.78 is 29.3. The molecule has 2 aromatic heterocycles. The highest BCUT2D eigenvalue weighted by atomic mass is 32.2. The lowest BCUT2D eigenvalue weighted by atomic mass is 10.2. The average molecular weight is 473 g/mol. The number of aromatic nitrogens is 3. The quantitative estimate of drug-likeness (QED) is 0.558. The third-order valence-corrected chi connectivity index (χ3v) is 7.66. The van der Waals surface area contributed by atoms with Gasteiger partial charge in [-0.1, -0.05) is 0 Å². The lowest BCUT2D eigenvalue weighted by Gasteiger charge is -2.31. The minimum atomic E-state index is -3.61. The van der Waals surface area contributed by atoms with Crippen LogP contribution in [-0.2, 0) is 24.1 Å². The van der Waals surface area contributed by atoms with Crippen molar-refractivity contribution in [2.75, 3.05) is 38.5 Å². The number of likely N-dealkylation sites (N-methyl/N-ethyl adjacent to an activating group) is 1. The summed E-state index contributed by atoms with van der Waals surface area (Å²) in [6, 6.07) is 8.76. The molecule has 0 aliphatic carbocycles. The van der Waals surface area contributed by atoms with Crippen LogP contribution in [0.4, 0.5) is 5.69 Å². The fraction of sp³-hybridized carbons (Fsp3) is 0.333. The first-order valence-corrected chi connectivity index (χ1v) is 11.7. The maximum atomic E-state index is 12.8. The first-order chi connectivity index (χ1) is 15.6. The summed E-state index contributed by atoms with van der Waals surface area (Å²) in [7, 11) is 1.19. The van der Waals surface area contributed by atoms with E-state index in [9.17, 15) is 22.8 Å². The van der Waals surface area contributed by atoms with Gasteiger partial charge in [-0.3, -0.25) is 18.7 Å². The van der Waals surface area contributed by atoms with E-state index in [2.05, 4.69) is 15.2 Å². The van der Waals surface area contributed by atoms with Crippen LogP contribution in [0.3, 0.4) is 0 Å². The van der Waals surface area contributed by atoms with Crippen LogP contribution in [0.5, 0.6) is 0 Å². The maximum Gasteiger partial charge on any atom is 0.332 e. The number of rotatable bonds is 4. The Morgan fingerprint density at radius 1 is 0.909 bits per heavy atom. The Hall–Kier alpha value is -3.35. The SMILES string of the molecule is CN1CCN(S(=O)(=O)c2ccc(NC(=O)c3ccc4c(=O)n(C)c(=O)n(C)c4n3)cc2)CC1. The lowest BCUT2D eigenvalue weighted by Crippen LogP contribution is -2.46. The topological polar surface area (TPSA) is 127 Å². The number of anilines is 1. The molecule has 12 heteroatoms. The molecule has 0 bridgehead atoms. The Labute approximate surface area is 189 Å². The summed E-state index contributed by atoms with van der Waals surface area (Å²) in [5, 5.41) is 2.88. The summed E-state index contributed by atoms with van der Waals surface area (Å²) >= 11 is 0. The Bertz CT molecular complexity index is 1450. The fourth-order valence-corrected chi connectivity index (χ4v) is 5.09. The van der Waals surface area contributed by atoms with Crippen molar-refractivity contribution in [1.29, 1.82) is 0 Å². The number of carbonyl (C=O) groups is 1. The van der Waals surface area contributed by atoms with Gasteiger partial charge in [-0.2, -0.15) is 4.31 Å². The van der Waals surface area contributed by atoms with Gasteiger partial charge in [-0.15, -0.1) is 0 Å². The van der Waals surface area contributed by atoms with E-state index < -0.39 is 27.2 Å². The van der Waals surface area contributed by atoms with Crippen molar-refractivity contribution in [3.05, 3.63) is 62.9 Å². The molecule has 174 valence electrons. The van der Waals surface area contributed by atoms with Crippen molar-refractivity contribution in [3.63, 3.8) is 0 Å². The van der Waals surface area contributed by atoms with E-state index in [0.717, 1.165) is 4.57 Å². The number of aryl methyl sites for hydroxylation is 1. The van der Waals surface area contributed by atoms with Gasteiger partial charge in [-0.25, -0.2) is 18.2 Å². The van der Waals surface area contributed by atoms with Crippen molar-refractivity contribution in [2.45, 2.75) is 4.90 Å². The van der Waals surface area contributed by atoms with Crippen LogP contribution in [0.25, 0.3) is 11.0 Å². The van der Waals surface area contributed by atoms with E-state index in [1.165, 1.54) is 59.4 Å². The zero-order chi connectivity index (χ0) is 23.9. The molecule has 1 amide bonds. The van der Waals surface area contributed by atoms with Gasteiger partial charge in [0.1, 0.15) is 11.3 Å². The smallest absolute Gasteiger partial charge is 0.321 e. The molecule has 33 heavy (non-hydrogen) atoms. The molecule has 1 N–H and O–H groups in total. The van der Waals surface area contributed by atoms with E-state index in [0.29, 0.717) is 31.9 Å². The molecule has 1 aromatic carbocycles. The van der Waals surface area contributed by atoms with E-state index in [1.807, 2.05) is 7.05 Å². The molecule has 1 aliphatic rings. The minimum Gasteiger partial charge on any atom is -0.321 e. The lowest BCUT2D eigenvalue weighted by molar-refractivity contribution is 0.102. The highest BCUT2D eigenvalue weighted by molar-refractivity contribution is 7.89. The summed E-state index contributed by atoms with van der Waals surface area (Å²) in [5.74, 6) is -0.556. The zero-order valence-electron chi connectivity index (χ0n) is 18.5. The Morgan fingerprint density at radius 3 is 2.18 bits per heavy atom. The second-order valence-corrected chi connectivity index (χ2v) is 9.90. The second-order valence-electron chi connectivity index (χ2n) is 7.96. The molecular formula is C21H24N6O5S. The average Bonchev–Trinajstić information content (AvgIpc) is 2.81. The molecule has 0 spiro atoms. The number of benzene rings is 1. The van der Waals surface area contributed by atoms with E-state index in [-0.39, 0.29) is 21.6 Å². The molecule has 4 rings (SSSR count). The van der Waals surface area contributed by atoms with Gasteiger partial charge in [0.05, 0.1) is 10.3 Å². The molecule has 1 saturated heterocycles. The first kappa shape index (κ1) is 22.8. The number of hydrogen-bond acceptors (Lipinski definition) is 7. The van der Waals surface area contributed by atoms with Gasteiger partial charge in [0.25, 0.3) is 11.5 Å². The molecule has 1 fully saturated rings. The number of carbonyl (C=O) groups excluding carboxylic acids is 1. The van der Waals surface area contributed by atoms with E-state index >= 15 is 0 Å². The summed E-state index contributed by atoms with van der Waals surface area (Å²) in [4.78, 5) is 43.5. The molecule has 0 atom stereocenters. The Kier molecular flexibility index (Phi) is 5.91. The molecular weight excluding hydrogens is 448 g/mol. The van der Waals surface area contributed by atoms with Crippen LogP contribution in [0.1, 0.15) is 10.5 Å². The molecule has 3 heterocycles. The van der Waals surface area contributed by atoms with Crippen molar-refractivity contribution >= 4 is 32.7 Å².